The van der Waals surface area contributed by atoms with Crippen LogP contribution in [0.15, 0.2) is 66.0 Å². The highest BCUT2D eigenvalue weighted by Crippen LogP contribution is 2.36. The highest BCUT2D eigenvalue weighted by Gasteiger charge is 2.34. The zero-order valence-electron chi connectivity index (χ0n) is 15.2. The molecule has 3 aromatic heterocycles. The molecule has 0 saturated carbocycles. The molecule has 5 nitrogen and oxygen atoms in total. The average Bonchev–Trinajstić information content (AvgIpc) is 2.70. The highest BCUT2D eigenvalue weighted by atomic mass is 16.1. The first-order chi connectivity index (χ1) is 13.3. The molecule has 0 aliphatic carbocycles. The van der Waals surface area contributed by atoms with E-state index in [1.807, 2.05) is 35.3 Å². The van der Waals surface area contributed by atoms with Crippen molar-refractivity contribution in [3.63, 3.8) is 0 Å². The Morgan fingerprint density at radius 2 is 1.85 bits per heavy atom. The van der Waals surface area contributed by atoms with Crippen LogP contribution >= 0.6 is 0 Å². The second-order valence-corrected chi connectivity index (χ2v) is 7.71. The summed E-state index contributed by atoms with van der Waals surface area (Å²) in [5.41, 5.74) is 4.57. The Morgan fingerprint density at radius 3 is 2.67 bits per heavy atom. The van der Waals surface area contributed by atoms with Gasteiger partial charge in [0.1, 0.15) is 0 Å². The number of piperidine rings is 1. The zero-order chi connectivity index (χ0) is 18.2. The lowest BCUT2D eigenvalue weighted by atomic mass is 9.82. The third-order valence-corrected chi connectivity index (χ3v) is 5.78. The van der Waals surface area contributed by atoms with Gasteiger partial charge in [0.25, 0.3) is 5.56 Å². The molecule has 2 bridgehead atoms. The maximum Gasteiger partial charge on any atom is 0.251 e. The van der Waals surface area contributed by atoms with Gasteiger partial charge in [0.15, 0.2) is 0 Å². The molecular formula is C22H22N4O. The molecule has 1 fully saturated rings. The molecule has 5 heteroatoms. The van der Waals surface area contributed by atoms with E-state index in [0.717, 1.165) is 37.3 Å². The van der Waals surface area contributed by atoms with E-state index in [4.69, 9.17) is 0 Å². The summed E-state index contributed by atoms with van der Waals surface area (Å²) < 4.78 is 2.00. The maximum atomic E-state index is 12.8. The third kappa shape index (κ3) is 3.19. The molecule has 2 aliphatic rings. The molecule has 2 atom stereocenters. The summed E-state index contributed by atoms with van der Waals surface area (Å²) in [7, 11) is 0. The van der Waals surface area contributed by atoms with Gasteiger partial charge in [-0.15, -0.1) is 0 Å². The van der Waals surface area contributed by atoms with Gasteiger partial charge in [0.2, 0.25) is 0 Å². The normalized spacial score (nSPS) is 21.6. The monoisotopic (exact) mass is 358 g/mol. The third-order valence-electron chi connectivity index (χ3n) is 5.78. The fourth-order valence-electron chi connectivity index (χ4n) is 4.63. The topological polar surface area (TPSA) is 51.0 Å². The minimum Gasteiger partial charge on any atom is -0.312 e. The lowest BCUT2D eigenvalue weighted by Crippen LogP contribution is -2.46. The van der Waals surface area contributed by atoms with Gasteiger partial charge in [-0.2, -0.15) is 0 Å². The number of aromatic nitrogens is 3. The summed E-state index contributed by atoms with van der Waals surface area (Å²) in [4.78, 5) is 23.6. The Morgan fingerprint density at radius 1 is 0.963 bits per heavy atom. The smallest absolute Gasteiger partial charge is 0.251 e. The van der Waals surface area contributed by atoms with Crippen molar-refractivity contribution >= 4 is 0 Å². The lowest BCUT2D eigenvalue weighted by molar-refractivity contribution is 0.114. The molecule has 0 spiro atoms. The van der Waals surface area contributed by atoms with Gasteiger partial charge in [-0.05, 0) is 47.7 Å². The molecule has 5 heterocycles. The number of hydrogen-bond donors (Lipinski definition) is 0. The van der Waals surface area contributed by atoms with E-state index in [1.54, 1.807) is 12.3 Å². The number of hydrogen-bond acceptors (Lipinski definition) is 4. The molecule has 136 valence electrons. The predicted octanol–water partition coefficient (Wildman–Crippen LogP) is 2.92. The molecule has 0 N–H and O–H groups in total. The molecule has 0 amide bonds. The second kappa shape index (κ2) is 6.74. The van der Waals surface area contributed by atoms with Crippen LogP contribution in [0.4, 0.5) is 0 Å². The Kier molecular flexibility index (Phi) is 4.09. The molecular weight excluding hydrogens is 336 g/mol. The van der Waals surface area contributed by atoms with E-state index in [2.05, 4.69) is 33.1 Å². The number of rotatable bonds is 3. The number of nitrogens with zero attached hydrogens (tertiary/aromatic N) is 4. The molecule has 0 radical (unpaired) electrons. The standard InChI is InChI=1S/C22H22N4O/c27-22-10-19(18-2-1-5-24-11-18)9-21-20-8-17(14-26(21)22)13-25(15-20)12-16-3-6-23-7-4-16/h1-7,9-11,17,20H,8,12-15H2/t17-,20+/m0/s1. The van der Waals surface area contributed by atoms with Crippen LogP contribution in [0.5, 0.6) is 0 Å². The fraction of sp³-hybridized carbons (Fsp3) is 0.318. The first kappa shape index (κ1) is 16.4. The van der Waals surface area contributed by atoms with Gasteiger partial charge in [-0.25, -0.2) is 0 Å². The van der Waals surface area contributed by atoms with Crippen molar-refractivity contribution in [2.75, 3.05) is 13.1 Å². The Bertz CT molecular complexity index is 1000. The van der Waals surface area contributed by atoms with Crippen LogP contribution in [0.25, 0.3) is 11.1 Å². The molecule has 1 saturated heterocycles. The highest BCUT2D eigenvalue weighted by molar-refractivity contribution is 5.62. The second-order valence-electron chi connectivity index (χ2n) is 7.71. The SMILES string of the molecule is O=c1cc(-c2cccnc2)cc2n1C[C@H]1C[C@@H]2CN(Cc2ccncc2)C1. The predicted molar refractivity (Wildman–Crippen MR) is 104 cm³/mol. The van der Waals surface area contributed by atoms with Gasteiger partial charge < -0.3 is 4.57 Å². The van der Waals surface area contributed by atoms with Crippen molar-refractivity contribution in [2.24, 2.45) is 5.92 Å². The van der Waals surface area contributed by atoms with Crippen molar-refractivity contribution in [3.05, 3.63) is 82.8 Å². The molecule has 3 aromatic rings. The summed E-state index contributed by atoms with van der Waals surface area (Å²) in [5, 5.41) is 0. The van der Waals surface area contributed by atoms with Crippen molar-refractivity contribution in [2.45, 2.75) is 25.4 Å². The summed E-state index contributed by atoms with van der Waals surface area (Å²) >= 11 is 0. The van der Waals surface area contributed by atoms with Crippen molar-refractivity contribution in [1.82, 2.24) is 19.4 Å². The first-order valence-electron chi connectivity index (χ1n) is 9.53. The molecule has 0 unspecified atom stereocenters. The summed E-state index contributed by atoms with van der Waals surface area (Å²) in [6.07, 6.45) is 8.47. The van der Waals surface area contributed by atoms with Crippen LogP contribution < -0.4 is 5.56 Å². The Balaban J connectivity index is 1.46. The lowest BCUT2D eigenvalue weighted by Gasteiger charge is -2.43. The number of likely N-dealkylation sites (tertiary alicyclic amines) is 1. The van der Waals surface area contributed by atoms with Crippen molar-refractivity contribution in [1.29, 1.82) is 0 Å². The maximum absolute atomic E-state index is 12.8. The van der Waals surface area contributed by atoms with Gasteiger partial charge in [0.05, 0.1) is 0 Å². The summed E-state index contributed by atoms with van der Waals surface area (Å²) in [5.74, 6) is 0.948. The average molecular weight is 358 g/mol. The van der Waals surface area contributed by atoms with Gasteiger partial charge in [0, 0.05) is 74.2 Å². The van der Waals surface area contributed by atoms with E-state index in [-0.39, 0.29) is 5.56 Å². The zero-order valence-corrected chi connectivity index (χ0v) is 15.2. The van der Waals surface area contributed by atoms with E-state index in [0.29, 0.717) is 11.8 Å². The number of pyridine rings is 3. The fourth-order valence-corrected chi connectivity index (χ4v) is 4.63. The van der Waals surface area contributed by atoms with E-state index in [1.165, 1.54) is 17.7 Å². The molecule has 2 aliphatic heterocycles. The van der Waals surface area contributed by atoms with Crippen LogP contribution in [0.2, 0.25) is 0 Å². The van der Waals surface area contributed by atoms with Crippen LogP contribution in [-0.4, -0.2) is 32.5 Å². The van der Waals surface area contributed by atoms with Crippen molar-refractivity contribution in [3.8, 4) is 11.1 Å². The van der Waals surface area contributed by atoms with Crippen LogP contribution in [-0.2, 0) is 13.1 Å². The van der Waals surface area contributed by atoms with E-state index in [9.17, 15) is 4.79 Å². The minimum atomic E-state index is 0.114. The molecule has 0 aromatic carbocycles. The summed E-state index contributed by atoms with van der Waals surface area (Å²) in [6, 6.07) is 12.1. The van der Waals surface area contributed by atoms with Gasteiger partial charge in [-0.1, -0.05) is 6.07 Å². The minimum absolute atomic E-state index is 0.114. The molecule has 5 rings (SSSR count). The van der Waals surface area contributed by atoms with Gasteiger partial charge in [-0.3, -0.25) is 19.7 Å². The largest absolute Gasteiger partial charge is 0.312 e. The molecule has 27 heavy (non-hydrogen) atoms. The van der Waals surface area contributed by atoms with E-state index >= 15 is 0 Å². The van der Waals surface area contributed by atoms with Crippen LogP contribution in [0.1, 0.15) is 23.6 Å². The van der Waals surface area contributed by atoms with E-state index < -0.39 is 0 Å². The first-order valence-corrected chi connectivity index (χ1v) is 9.53. The van der Waals surface area contributed by atoms with Crippen LogP contribution in [0.3, 0.4) is 0 Å². The number of fused-ring (bicyclic) bond motifs is 4. The summed E-state index contributed by atoms with van der Waals surface area (Å²) in [6.45, 7) is 3.82. The van der Waals surface area contributed by atoms with Gasteiger partial charge >= 0.3 is 0 Å². The van der Waals surface area contributed by atoms with Crippen molar-refractivity contribution < 1.29 is 0 Å². The quantitative estimate of drug-likeness (QED) is 0.722. The Labute approximate surface area is 158 Å². The van der Waals surface area contributed by atoms with Crippen LogP contribution in [0, 0.1) is 5.92 Å². The Hall–Kier alpha value is -2.79.